The van der Waals surface area contributed by atoms with Crippen LogP contribution in [0, 0.1) is 0 Å². The maximum Gasteiger partial charge on any atom is 0.143 e. The van der Waals surface area contributed by atoms with Crippen molar-refractivity contribution in [1.82, 2.24) is 0 Å². The number of anilines is 3. The van der Waals surface area contributed by atoms with Gasteiger partial charge in [0.2, 0.25) is 0 Å². The Bertz CT molecular complexity index is 6980. The monoisotopic (exact) mass is 1550 g/mol. The average molecular weight is 1560 g/mol. The summed E-state index contributed by atoms with van der Waals surface area (Å²) in [5.74, 6) is 0. The summed E-state index contributed by atoms with van der Waals surface area (Å²) in [6.07, 6.45) is 15.4. The van der Waals surface area contributed by atoms with Gasteiger partial charge >= 0.3 is 0 Å². The summed E-state index contributed by atoms with van der Waals surface area (Å²) >= 11 is 0. The van der Waals surface area contributed by atoms with Crippen molar-refractivity contribution < 1.29 is 8.83 Å². The molecular weight excluding hydrogens is 1450 g/mol. The first-order valence-corrected chi connectivity index (χ1v) is 44.6. The number of hydrogen-bond acceptors (Lipinski definition) is 3. The predicted octanol–water partition coefficient (Wildman–Crippen LogP) is 33.5. The van der Waals surface area contributed by atoms with Crippen LogP contribution < -0.4 is 4.90 Å². The summed E-state index contributed by atoms with van der Waals surface area (Å²) in [4.78, 5) is 2.60. The second-order valence-electron chi connectivity index (χ2n) is 37.6. The molecule has 0 spiro atoms. The van der Waals surface area contributed by atoms with Crippen LogP contribution in [0.1, 0.15) is 202 Å². The lowest BCUT2D eigenvalue weighted by Gasteiger charge is -2.33. The van der Waals surface area contributed by atoms with Gasteiger partial charge in [0.25, 0.3) is 0 Å². The molecule has 0 bridgehead atoms. The highest BCUT2D eigenvalue weighted by Gasteiger charge is 2.47. The molecule has 0 amide bonds. The number of benzene rings is 15. The topological polar surface area (TPSA) is 29.5 Å². The van der Waals surface area contributed by atoms with Crippen LogP contribution in [0.5, 0.6) is 0 Å². The van der Waals surface area contributed by atoms with E-state index < -0.39 is 5.41 Å². The summed E-state index contributed by atoms with van der Waals surface area (Å²) in [5.41, 5.74) is 44.9. The number of hydrogen-bond donors (Lipinski definition) is 0. The summed E-state index contributed by atoms with van der Waals surface area (Å²) in [6.45, 7) is 24.2. The summed E-state index contributed by atoms with van der Waals surface area (Å²) in [7, 11) is 0. The van der Waals surface area contributed by atoms with Crippen LogP contribution in [-0.4, -0.2) is 0 Å². The van der Waals surface area contributed by atoms with Crippen LogP contribution >= 0.6 is 0 Å². The molecule has 3 heteroatoms. The van der Waals surface area contributed by atoms with Crippen LogP contribution in [-0.2, 0) is 27.1 Å². The Morgan fingerprint density at radius 3 is 1.27 bits per heavy atom. The van der Waals surface area contributed by atoms with E-state index in [-0.39, 0.29) is 21.7 Å². The van der Waals surface area contributed by atoms with Gasteiger partial charge in [0.05, 0.1) is 5.69 Å². The minimum Gasteiger partial charge on any atom is -0.456 e. The zero-order valence-corrected chi connectivity index (χ0v) is 71.0. The molecule has 0 N–H and O–H groups in total. The van der Waals surface area contributed by atoms with E-state index in [1.54, 1.807) is 11.1 Å². The van der Waals surface area contributed by atoms with Crippen molar-refractivity contribution >= 4 is 60.9 Å². The van der Waals surface area contributed by atoms with Crippen LogP contribution in [0.25, 0.3) is 155 Å². The van der Waals surface area contributed by atoms with Gasteiger partial charge in [-0.1, -0.05) is 352 Å². The third-order valence-electron chi connectivity index (χ3n) is 29.4. The lowest BCUT2D eigenvalue weighted by atomic mass is 9.70. The minimum atomic E-state index is -0.437. The van der Waals surface area contributed by atoms with E-state index >= 15 is 0 Å². The molecule has 5 aliphatic rings. The van der Waals surface area contributed by atoms with Gasteiger partial charge in [0, 0.05) is 76.7 Å². The molecule has 15 aromatic carbocycles. The number of unbranched alkanes of at least 4 members (excludes halogenated alkanes) is 8. The van der Waals surface area contributed by atoms with Crippen molar-refractivity contribution in [2.45, 2.75) is 173 Å². The molecule has 0 saturated carbocycles. The third kappa shape index (κ3) is 11.1. The number of nitrogens with zero attached hydrogens (tertiary/aromatic N) is 1. The fourth-order valence-corrected chi connectivity index (χ4v) is 23.0. The first kappa shape index (κ1) is 74.0. The average Bonchev–Trinajstić information content (AvgIpc) is 1.51. The Kier molecular flexibility index (Phi) is 17.2. The molecule has 5 aliphatic carbocycles. The maximum absolute atomic E-state index is 7.22. The zero-order chi connectivity index (χ0) is 81.3. The van der Waals surface area contributed by atoms with Crippen LogP contribution in [0.15, 0.2) is 306 Å². The second kappa shape index (κ2) is 27.9. The van der Waals surface area contributed by atoms with Gasteiger partial charge in [-0.2, -0.15) is 0 Å². The number of para-hydroxylation sites is 3. The van der Waals surface area contributed by atoms with Crippen molar-refractivity contribution in [3.63, 3.8) is 0 Å². The molecule has 0 radical (unpaired) electrons. The summed E-state index contributed by atoms with van der Waals surface area (Å²) < 4.78 is 13.8. The minimum absolute atomic E-state index is 0.0372. The van der Waals surface area contributed by atoms with Crippen molar-refractivity contribution in [1.29, 1.82) is 0 Å². The van der Waals surface area contributed by atoms with Gasteiger partial charge in [-0.25, -0.2) is 0 Å². The molecule has 0 unspecified atom stereocenters. The molecule has 0 fully saturated rings. The molecule has 0 saturated heterocycles. The van der Waals surface area contributed by atoms with Gasteiger partial charge in [-0.05, 0) is 242 Å². The molecule has 2 aromatic heterocycles. The van der Waals surface area contributed by atoms with E-state index in [4.69, 9.17) is 8.83 Å². The summed E-state index contributed by atoms with van der Waals surface area (Å²) in [6, 6.07) is 114. The Morgan fingerprint density at radius 1 is 0.242 bits per heavy atom. The van der Waals surface area contributed by atoms with E-state index in [9.17, 15) is 0 Å². The first-order valence-electron chi connectivity index (χ1n) is 44.6. The van der Waals surface area contributed by atoms with Crippen molar-refractivity contribution in [2.24, 2.45) is 0 Å². The Morgan fingerprint density at radius 2 is 0.650 bits per heavy atom. The molecule has 2 heterocycles. The Labute approximate surface area is 707 Å². The van der Waals surface area contributed by atoms with Crippen molar-refractivity contribution in [3.05, 3.63) is 353 Å². The molecule has 17 aromatic rings. The normalized spacial score (nSPS) is 15.2. The van der Waals surface area contributed by atoms with Gasteiger partial charge in [0.1, 0.15) is 22.3 Å². The van der Waals surface area contributed by atoms with Crippen LogP contribution in [0.4, 0.5) is 17.1 Å². The molecular formula is C117H103NO2. The summed E-state index contributed by atoms with van der Waals surface area (Å²) in [5, 5.41) is 4.68. The lowest BCUT2D eigenvalue weighted by Crippen LogP contribution is -2.25. The highest BCUT2D eigenvalue weighted by molar-refractivity contribution is 6.20. The molecule has 22 rings (SSSR count). The fourth-order valence-electron chi connectivity index (χ4n) is 23.0. The van der Waals surface area contributed by atoms with E-state index in [2.05, 4.69) is 371 Å². The smallest absolute Gasteiger partial charge is 0.143 e. The quantitative estimate of drug-likeness (QED) is 0.0712. The largest absolute Gasteiger partial charge is 0.456 e. The van der Waals surface area contributed by atoms with Gasteiger partial charge in [-0.3, -0.25) is 0 Å². The highest BCUT2D eigenvalue weighted by atomic mass is 16.3. The standard InChI is InChI=1S/C117H103NO2/c1-11-13-15-17-31-62-117(63-32-18-16-14-12-2)94-43-28-25-38-83(94)86-57-52-78(66-102(86)117)77-51-56-85-84-55-50-76(64-96(84)114(5,6)97(85)65-77)72-46-48-75(49-47-72)91-69-103-107(110-90-40-27-30-45-105(90)120-112(91)110)88-59-54-80(68-99(88)116(103,9)10)118(111-81(73-34-21-19-22-35-73)41-33-42-82(111)74-36-23-20-24-37-74)79-53-58-87-92-70-101-93(71-100(92)115(7,8)98(87)67-79)108-95(113(101,3)4)60-61-106-109(108)89-39-26-29-44-104(89)119-106/h19-30,33-61,64-71H,11-18,31-32,62-63H2,1-10H3. The van der Waals surface area contributed by atoms with Crippen molar-refractivity contribution in [3.8, 4) is 111 Å². The van der Waals surface area contributed by atoms with Crippen LogP contribution in [0.2, 0.25) is 0 Å². The Balaban J connectivity index is 0.622. The molecule has 0 atom stereocenters. The number of furan rings is 2. The lowest BCUT2D eigenvalue weighted by molar-refractivity contribution is 0.399. The third-order valence-corrected chi connectivity index (χ3v) is 29.4. The van der Waals surface area contributed by atoms with E-state index in [1.165, 1.54) is 216 Å². The zero-order valence-electron chi connectivity index (χ0n) is 71.0. The predicted molar refractivity (Wildman–Crippen MR) is 506 cm³/mol. The Hall–Kier alpha value is -12.3. The van der Waals surface area contributed by atoms with Crippen molar-refractivity contribution in [2.75, 3.05) is 4.90 Å². The fraction of sp³-hybridized carbons (Fsp3) is 0.231. The molecule has 588 valence electrons. The maximum atomic E-state index is 7.22. The highest BCUT2D eigenvalue weighted by Crippen LogP contribution is 2.63. The van der Waals surface area contributed by atoms with Gasteiger partial charge in [-0.15, -0.1) is 0 Å². The van der Waals surface area contributed by atoms with E-state index in [1.807, 2.05) is 0 Å². The SMILES string of the molecule is CCCCCCCC1(CCCCCCC)c2ccccc2-c2ccc(-c3ccc4c(c3)C(C)(C)c3cc(-c5ccc(-c6cc7c(c8c6oc6ccccc68)-c6ccc(N(c8ccc9c(c8)C(C)(C)c8cc%10c(cc8-9)C(C)(C)c8ccc9oc%11ccccc%11c9c8-%10)c8c(-c9ccccc9)cccc8-c8ccccc8)cc6C7(C)C)cc5)ccc3-4)cc21. The number of rotatable bonds is 20. The number of fused-ring (bicyclic) bond motifs is 23. The molecule has 120 heavy (non-hydrogen) atoms. The molecule has 3 nitrogen and oxygen atoms in total. The molecule has 0 aliphatic heterocycles. The van der Waals surface area contributed by atoms with E-state index in [0.717, 1.165) is 78.2 Å². The van der Waals surface area contributed by atoms with Crippen LogP contribution in [0.3, 0.4) is 0 Å². The van der Waals surface area contributed by atoms with Gasteiger partial charge < -0.3 is 13.7 Å². The first-order chi connectivity index (χ1) is 58.4. The van der Waals surface area contributed by atoms with E-state index in [0.29, 0.717) is 0 Å². The second-order valence-corrected chi connectivity index (χ2v) is 37.6. The van der Waals surface area contributed by atoms with Gasteiger partial charge in [0.15, 0.2) is 0 Å².